The Kier molecular flexibility index (Phi) is 10.5. The van der Waals surface area contributed by atoms with Crippen molar-refractivity contribution in [2.45, 2.75) is 19.0 Å². The molecule has 0 atom stereocenters. The van der Waals surface area contributed by atoms with Gasteiger partial charge in [-0.05, 0) is 24.1 Å². The van der Waals surface area contributed by atoms with Crippen LogP contribution in [0.5, 0.6) is 0 Å². The van der Waals surface area contributed by atoms with Crippen LogP contribution in [0.15, 0.2) is 29.3 Å². The molecule has 0 fully saturated rings. The second-order valence-corrected chi connectivity index (χ2v) is 5.44. The number of nitrogens with zero attached hydrogens (tertiary/aromatic N) is 2. The Labute approximate surface area is 163 Å². The number of rotatable bonds is 6. The van der Waals surface area contributed by atoms with Gasteiger partial charge in [-0.25, -0.2) is 0 Å². The molecule has 1 aromatic rings. The predicted octanol–water partition coefficient (Wildman–Crippen LogP) is 2.67. The summed E-state index contributed by atoms with van der Waals surface area (Å²) in [5, 5.41) is 5.57. The summed E-state index contributed by atoms with van der Waals surface area (Å²) in [4.78, 5) is 17.3. The fourth-order valence-corrected chi connectivity index (χ4v) is 1.99. The van der Waals surface area contributed by atoms with Crippen molar-refractivity contribution in [1.29, 1.82) is 0 Å². The molecule has 5 nitrogen and oxygen atoms in total. The van der Waals surface area contributed by atoms with Gasteiger partial charge in [0.1, 0.15) is 0 Å². The van der Waals surface area contributed by atoms with E-state index in [0.717, 1.165) is 5.56 Å². The number of carbonyl (C=O) groups excluding carboxylic acids is 1. The summed E-state index contributed by atoms with van der Waals surface area (Å²) >= 11 is 0. The van der Waals surface area contributed by atoms with Crippen LogP contribution >= 0.6 is 24.0 Å². The van der Waals surface area contributed by atoms with E-state index in [4.69, 9.17) is 0 Å². The largest absolute Gasteiger partial charge is 0.390 e. The van der Waals surface area contributed by atoms with Crippen molar-refractivity contribution in [2.75, 3.05) is 34.2 Å². The zero-order valence-electron chi connectivity index (χ0n) is 14.5. The summed E-state index contributed by atoms with van der Waals surface area (Å²) < 4.78 is 36.3. The molecule has 0 radical (unpaired) electrons. The molecule has 142 valence electrons. The zero-order chi connectivity index (χ0) is 18.2. The van der Waals surface area contributed by atoms with Gasteiger partial charge in [0.05, 0.1) is 6.42 Å². The Balaban J connectivity index is 0.00000576. The van der Waals surface area contributed by atoms with E-state index in [-0.39, 0.29) is 36.4 Å². The predicted molar refractivity (Wildman–Crippen MR) is 104 cm³/mol. The van der Waals surface area contributed by atoms with Crippen molar-refractivity contribution in [3.63, 3.8) is 0 Å². The van der Waals surface area contributed by atoms with Gasteiger partial charge in [-0.3, -0.25) is 9.79 Å². The lowest BCUT2D eigenvalue weighted by molar-refractivity contribution is -0.132. The molecule has 0 bridgehead atoms. The van der Waals surface area contributed by atoms with E-state index in [9.17, 15) is 18.0 Å². The first-order valence-electron chi connectivity index (χ1n) is 7.55. The third kappa shape index (κ3) is 9.51. The lowest BCUT2D eigenvalue weighted by Gasteiger charge is -2.13. The van der Waals surface area contributed by atoms with Gasteiger partial charge in [-0.2, -0.15) is 13.2 Å². The SMILES string of the molecule is CN=C(NCCc1cccc(C(=O)N(C)C)c1)NCCC(F)(F)F.I. The maximum atomic E-state index is 12.1. The minimum absolute atomic E-state index is 0. The van der Waals surface area contributed by atoms with Gasteiger partial charge in [0, 0.05) is 39.8 Å². The van der Waals surface area contributed by atoms with E-state index in [1.807, 2.05) is 18.2 Å². The van der Waals surface area contributed by atoms with Gasteiger partial charge < -0.3 is 15.5 Å². The van der Waals surface area contributed by atoms with Crippen molar-refractivity contribution in [1.82, 2.24) is 15.5 Å². The van der Waals surface area contributed by atoms with Crippen molar-refractivity contribution in [3.8, 4) is 0 Å². The number of hydrogen-bond donors (Lipinski definition) is 2. The van der Waals surface area contributed by atoms with Crippen LogP contribution < -0.4 is 10.6 Å². The van der Waals surface area contributed by atoms with E-state index in [0.29, 0.717) is 24.5 Å². The first kappa shape index (κ1) is 23.5. The van der Waals surface area contributed by atoms with E-state index in [2.05, 4.69) is 15.6 Å². The van der Waals surface area contributed by atoms with E-state index in [1.54, 1.807) is 20.2 Å². The van der Waals surface area contributed by atoms with Gasteiger partial charge >= 0.3 is 6.18 Å². The Morgan fingerprint density at radius 3 is 2.40 bits per heavy atom. The summed E-state index contributed by atoms with van der Waals surface area (Å²) in [7, 11) is 4.87. The standard InChI is InChI=1S/C16H23F3N4O.HI/c1-20-15(22-10-8-16(17,18)19)21-9-7-12-5-4-6-13(11-12)14(24)23(2)3;/h4-6,11H,7-10H2,1-3H3,(H2,20,21,22);1H. The highest BCUT2D eigenvalue weighted by Gasteiger charge is 2.26. The molecular formula is C16H24F3IN4O. The molecule has 0 saturated carbocycles. The van der Waals surface area contributed by atoms with Gasteiger partial charge in [0.25, 0.3) is 5.91 Å². The molecule has 1 aromatic carbocycles. The molecule has 0 aliphatic carbocycles. The monoisotopic (exact) mass is 472 g/mol. The van der Waals surface area contributed by atoms with Crippen LogP contribution in [0.2, 0.25) is 0 Å². The van der Waals surface area contributed by atoms with Gasteiger partial charge in [-0.15, -0.1) is 24.0 Å². The third-order valence-electron chi connectivity index (χ3n) is 3.21. The van der Waals surface area contributed by atoms with Crippen LogP contribution in [0, 0.1) is 0 Å². The van der Waals surface area contributed by atoms with Crippen molar-refractivity contribution in [3.05, 3.63) is 35.4 Å². The number of halogens is 4. The van der Waals surface area contributed by atoms with Gasteiger partial charge in [-0.1, -0.05) is 12.1 Å². The van der Waals surface area contributed by atoms with E-state index < -0.39 is 12.6 Å². The normalized spacial score (nSPS) is 11.5. The van der Waals surface area contributed by atoms with Crippen LogP contribution in [0.25, 0.3) is 0 Å². The van der Waals surface area contributed by atoms with E-state index >= 15 is 0 Å². The van der Waals surface area contributed by atoms with Gasteiger partial charge in [0.2, 0.25) is 0 Å². The van der Waals surface area contributed by atoms with Crippen molar-refractivity contribution in [2.24, 2.45) is 4.99 Å². The maximum absolute atomic E-state index is 12.1. The highest BCUT2D eigenvalue weighted by Crippen LogP contribution is 2.18. The van der Waals surface area contributed by atoms with Crippen LogP contribution in [0.4, 0.5) is 13.2 Å². The smallest absolute Gasteiger partial charge is 0.356 e. The summed E-state index contributed by atoms with van der Waals surface area (Å²) in [5.41, 5.74) is 1.56. The molecule has 1 amide bonds. The Hall–Kier alpha value is -1.52. The molecule has 1 rings (SSSR count). The fourth-order valence-electron chi connectivity index (χ4n) is 1.99. The van der Waals surface area contributed by atoms with Crippen LogP contribution in [0.1, 0.15) is 22.3 Å². The molecule has 2 N–H and O–H groups in total. The molecule has 0 unspecified atom stereocenters. The molecule has 0 spiro atoms. The summed E-state index contributed by atoms with van der Waals surface area (Å²) in [6.45, 7) is 0.265. The second-order valence-electron chi connectivity index (χ2n) is 5.44. The average Bonchev–Trinajstić information content (AvgIpc) is 2.51. The number of benzene rings is 1. The molecule has 0 aromatic heterocycles. The van der Waals surface area contributed by atoms with Crippen LogP contribution in [-0.4, -0.2) is 57.2 Å². The zero-order valence-corrected chi connectivity index (χ0v) is 16.8. The summed E-state index contributed by atoms with van der Waals surface area (Å²) in [6, 6.07) is 7.26. The number of guanidine groups is 1. The number of nitrogens with one attached hydrogen (secondary N) is 2. The molecule has 9 heteroatoms. The lowest BCUT2D eigenvalue weighted by atomic mass is 10.1. The minimum Gasteiger partial charge on any atom is -0.356 e. The first-order valence-corrected chi connectivity index (χ1v) is 7.55. The highest BCUT2D eigenvalue weighted by molar-refractivity contribution is 14.0. The highest BCUT2D eigenvalue weighted by atomic mass is 127. The third-order valence-corrected chi connectivity index (χ3v) is 3.21. The second kappa shape index (κ2) is 11.2. The summed E-state index contributed by atoms with van der Waals surface area (Å²) in [5.74, 6) is 0.245. The van der Waals surface area contributed by atoms with Crippen LogP contribution in [0.3, 0.4) is 0 Å². The lowest BCUT2D eigenvalue weighted by Crippen LogP contribution is -2.39. The number of aliphatic imine (C=N–C) groups is 1. The molecule has 25 heavy (non-hydrogen) atoms. The number of hydrogen-bond acceptors (Lipinski definition) is 2. The average molecular weight is 472 g/mol. The number of amides is 1. The topological polar surface area (TPSA) is 56.7 Å². The molecule has 0 aliphatic heterocycles. The Morgan fingerprint density at radius 1 is 1.20 bits per heavy atom. The van der Waals surface area contributed by atoms with Gasteiger partial charge in [0.15, 0.2) is 5.96 Å². The first-order chi connectivity index (χ1) is 11.2. The Bertz CT molecular complexity index is 577. The minimum atomic E-state index is -4.19. The quantitative estimate of drug-likeness (QED) is 0.381. The molecule has 0 aliphatic rings. The number of alkyl halides is 3. The molecule has 0 heterocycles. The maximum Gasteiger partial charge on any atom is 0.390 e. The number of carbonyl (C=O) groups is 1. The van der Waals surface area contributed by atoms with Crippen molar-refractivity contribution < 1.29 is 18.0 Å². The van der Waals surface area contributed by atoms with Crippen molar-refractivity contribution >= 4 is 35.8 Å². The fraction of sp³-hybridized carbons (Fsp3) is 0.500. The summed E-state index contributed by atoms with van der Waals surface area (Å²) in [6.07, 6.45) is -4.48. The molecule has 0 saturated heterocycles. The van der Waals surface area contributed by atoms with Crippen LogP contribution in [-0.2, 0) is 6.42 Å². The molecular weight excluding hydrogens is 448 g/mol. The van der Waals surface area contributed by atoms with E-state index in [1.165, 1.54) is 11.9 Å². The Morgan fingerprint density at radius 2 is 1.84 bits per heavy atom.